The van der Waals surface area contributed by atoms with E-state index in [0.29, 0.717) is 17.6 Å². The maximum Gasteiger partial charge on any atom is 0.252 e. The molecule has 0 bridgehead atoms. The van der Waals surface area contributed by atoms with Gasteiger partial charge in [0.2, 0.25) is 0 Å². The van der Waals surface area contributed by atoms with E-state index in [9.17, 15) is 4.79 Å². The normalized spacial score (nSPS) is 19.5. The molecule has 1 aliphatic heterocycles. The zero-order chi connectivity index (χ0) is 23.0. The van der Waals surface area contributed by atoms with Crippen LogP contribution in [-0.2, 0) is 0 Å². The van der Waals surface area contributed by atoms with Crippen LogP contribution in [0.4, 0.5) is 0 Å². The number of likely N-dealkylation sites (tertiary alicyclic amines) is 1. The number of rotatable bonds is 10. The van der Waals surface area contributed by atoms with Crippen LogP contribution in [0.15, 0.2) is 54.6 Å². The molecule has 0 saturated carbocycles. The summed E-state index contributed by atoms with van der Waals surface area (Å²) in [7, 11) is 1.72. The molecule has 2 aromatic carbocycles. The van der Waals surface area contributed by atoms with Crippen LogP contribution in [0.3, 0.4) is 0 Å². The predicted octanol–water partition coefficient (Wildman–Crippen LogP) is 5.15. The number of methoxy groups -OCH3 is 1. The van der Waals surface area contributed by atoms with Crippen molar-refractivity contribution in [3.63, 3.8) is 0 Å². The minimum absolute atomic E-state index is 0.0189. The zero-order valence-electron chi connectivity index (χ0n) is 20.1. The Morgan fingerprint density at radius 1 is 1.09 bits per heavy atom. The van der Waals surface area contributed by atoms with E-state index in [4.69, 9.17) is 4.74 Å². The highest BCUT2D eigenvalue weighted by atomic mass is 16.5. The van der Waals surface area contributed by atoms with Gasteiger partial charge < -0.3 is 10.1 Å². The summed E-state index contributed by atoms with van der Waals surface area (Å²) in [5.74, 6) is 0.884. The number of benzene rings is 2. The average molecular weight is 438 g/mol. The van der Waals surface area contributed by atoms with Crippen LogP contribution >= 0.6 is 0 Å². The summed E-state index contributed by atoms with van der Waals surface area (Å²) in [6.45, 7) is 8.67. The first-order valence-corrected chi connectivity index (χ1v) is 12.1. The summed E-state index contributed by atoms with van der Waals surface area (Å²) < 4.78 is 5.49. The van der Waals surface area contributed by atoms with Crippen molar-refractivity contribution in [2.75, 3.05) is 20.2 Å². The lowest BCUT2D eigenvalue weighted by Crippen LogP contribution is -2.62. The molecule has 0 aromatic heterocycles. The first-order valence-electron chi connectivity index (χ1n) is 12.1. The standard InChI is InChI=1S/C27H39N3O2/c1-5-17-30-18-16-23(20-25(30)22-14-11-15-24(19-22)32-4)28-27(6-2,7-3)29-26(31)21-12-9-8-10-13-21/h8-15,19,23,25,28H,5-7,16-18,20H2,1-4H3,(H,29,31). The molecule has 32 heavy (non-hydrogen) atoms. The summed E-state index contributed by atoms with van der Waals surface area (Å²) in [5, 5.41) is 7.19. The maximum absolute atomic E-state index is 12.9. The van der Waals surface area contributed by atoms with Gasteiger partial charge >= 0.3 is 0 Å². The highest BCUT2D eigenvalue weighted by Gasteiger charge is 2.35. The first kappa shape index (κ1) is 24.3. The van der Waals surface area contributed by atoms with E-state index < -0.39 is 5.66 Å². The quantitative estimate of drug-likeness (QED) is 0.505. The lowest BCUT2D eigenvalue weighted by Gasteiger charge is -2.44. The van der Waals surface area contributed by atoms with E-state index >= 15 is 0 Å². The van der Waals surface area contributed by atoms with Crippen molar-refractivity contribution < 1.29 is 9.53 Å². The number of hydrogen-bond acceptors (Lipinski definition) is 4. The summed E-state index contributed by atoms with van der Waals surface area (Å²) >= 11 is 0. The highest BCUT2D eigenvalue weighted by molar-refractivity contribution is 5.94. The number of piperidine rings is 1. The van der Waals surface area contributed by atoms with Crippen LogP contribution < -0.4 is 15.4 Å². The van der Waals surface area contributed by atoms with Gasteiger partial charge in [-0.05, 0) is 68.5 Å². The number of carbonyl (C=O) groups is 1. The molecule has 1 saturated heterocycles. The van der Waals surface area contributed by atoms with Gasteiger partial charge in [0.1, 0.15) is 5.75 Å². The van der Waals surface area contributed by atoms with Gasteiger partial charge in [0, 0.05) is 24.2 Å². The van der Waals surface area contributed by atoms with Gasteiger partial charge in [-0.25, -0.2) is 0 Å². The van der Waals surface area contributed by atoms with E-state index in [1.54, 1.807) is 7.11 Å². The molecule has 0 spiro atoms. The minimum Gasteiger partial charge on any atom is -0.497 e. The number of carbonyl (C=O) groups excluding carboxylic acids is 1. The molecule has 2 atom stereocenters. The summed E-state index contributed by atoms with van der Waals surface area (Å²) in [6, 6.07) is 18.6. The van der Waals surface area contributed by atoms with Crippen molar-refractivity contribution in [2.45, 2.75) is 70.6 Å². The van der Waals surface area contributed by atoms with Crippen LogP contribution in [0.25, 0.3) is 0 Å². The van der Waals surface area contributed by atoms with Gasteiger partial charge in [-0.15, -0.1) is 0 Å². The molecule has 2 N–H and O–H groups in total. The number of amides is 1. The van der Waals surface area contributed by atoms with Crippen LogP contribution in [0.1, 0.15) is 74.8 Å². The molecule has 5 nitrogen and oxygen atoms in total. The molecule has 2 unspecified atom stereocenters. The van der Waals surface area contributed by atoms with Crippen LogP contribution in [0, 0.1) is 0 Å². The van der Waals surface area contributed by atoms with E-state index in [1.165, 1.54) is 5.56 Å². The SMILES string of the molecule is CCCN1CCC(NC(CC)(CC)NC(=O)c2ccccc2)CC1c1cccc(OC)c1. The number of ether oxygens (including phenoxy) is 1. The summed E-state index contributed by atoms with van der Waals surface area (Å²) in [5.41, 5.74) is 1.59. The van der Waals surface area contributed by atoms with E-state index in [2.05, 4.69) is 54.5 Å². The number of nitrogens with zero attached hydrogens (tertiary/aromatic N) is 1. The van der Waals surface area contributed by atoms with Crippen LogP contribution in [0.2, 0.25) is 0 Å². The number of nitrogens with one attached hydrogen (secondary N) is 2. The molecule has 1 fully saturated rings. The topological polar surface area (TPSA) is 53.6 Å². The van der Waals surface area contributed by atoms with Gasteiger partial charge in [-0.1, -0.05) is 51.1 Å². The number of hydrogen-bond donors (Lipinski definition) is 2. The van der Waals surface area contributed by atoms with Crippen molar-refractivity contribution in [3.05, 3.63) is 65.7 Å². The monoisotopic (exact) mass is 437 g/mol. The Kier molecular flexibility index (Phi) is 8.71. The van der Waals surface area contributed by atoms with Crippen molar-refractivity contribution in [1.29, 1.82) is 0 Å². The Balaban J connectivity index is 1.77. The fourth-order valence-electron chi connectivity index (χ4n) is 4.83. The largest absolute Gasteiger partial charge is 0.497 e. The Hall–Kier alpha value is -2.37. The van der Waals surface area contributed by atoms with Gasteiger partial charge in [0.25, 0.3) is 5.91 Å². The molecule has 0 aliphatic carbocycles. The Bertz CT molecular complexity index is 851. The average Bonchev–Trinajstić information content (AvgIpc) is 2.85. The Morgan fingerprint density at radius 3 is 2.50 bits per heavy atom. The fourth-order valence-corrected chi connectivity index (χ4v) is 4.83. The summed E-state index contributed by atoms with van der Waals surface area (Å²) in [4.78, 5) is 15.5. The summed E-state index contributed by atoms with van der Waals surface area (Å²) in [6.07, 6.45) is 4.89. The second-order valence-electron chi connectivity index (χ2n) is 8.80. The third kappa shape index (κ3) is 5.90. The van der Waals surface area contributed by atoms with Gasteiger partial charge in [-0.2, -0.15) is 0 Å². The van der Waals surface area contributed by atoms with E-state index in [-0.39, 0.29) is 5.91 Å². The molecule has 2 aromatic rings. The molecule has 0 radical (unpaired) electrons. The van der Waals surface area contributed by atoms with Crippen molar-refractivity contribution in [3.8, 4) is 5.75 Å². The Labute approximate surface area is 193 Å². The van der Waals surface area contributed by atoms with E-state index in [0.717, 1.165) is 50.9 Å². The van der Waals surface area contributed by atoms with Gasteiger partial charge in [-0.3, -0.25) is 15.0 Å². The lowest BCUT2D eigenvalue weighted by molar-refractivity contribution is 0.0767. The predicted molar refractivity (Wildman–Crippen MR) is 131 cm³/mol. The molecule has 3 rings (SSSR count). The molecule has 5 heteroatoms. The fraction of sp³-hybridized carbons (Fsp3) is 0.519. The van der Waals surface area contributed by atoms with Crippen LogP contribution in [-0.4, -0.2) is 42.7 Å². The molecule has 1 amide bonds. The van der Waals surface area contributed by atoms with E-state index in [1.807, 2.05) is 36.4 Å². The van der Waals surface area contributed by atoms with Crippen molar-refractivity contribution in [1.82, 2.24) is 15.5 Å². The van der Waals surface area contributed by atoms with Gasteiger partial charge in [0.05, 0.1) is 12.8 Å². The van der Waals surface area contributed by atoms with Gasteiger partial charge in [0.15, 0.2) is 0 Å². The first-order chi connectivity index (χ1) is 15.5. The smallest absolute Gasteiger partial charge is 0.252 e. The third-order valence-corrected chi connectivity index (χ3v) is 6.78. The van der Waals surface area contributed by atoms with Crippen molar-refractivity contribution >= 4 is 5.91 Å². The van der Waals surface area contributed by atoms with Crippen LogP contribution in [0.5, 0.6) is 5.75 Å². The minimum atomic E-state index is -0.413. The van der Waals surface area contributed by atoms with Crippen molar-refractivity contribution in [2.24, 2.45) is 0 Å². The highest BCUT2D eigenvalue weighted by Crippen LogP contribution is 2.34. The maximum atomic E-state index is 12.9. The second kappa shape index (κ2) is 11.5. The molecule has 174 valence electrons. The lowest BCUT2D eigenvalue weighted by atomic mass is 9.89. The molecular weight excluding hydrogens is 398 g/mol. The second-order valence-corrected chi connectivity index (χ2v) is 8.80. The molecule has 1 aliphatic rings. The molecule has 1 heterocycles. The molecular formula is C27H39N3O2. The Morgan fingerprint density at radius 2 is 1.84 bits per heavy atom. The third-order valence-electron chi connectivity index (χ3n) is 6.78. The zero-order valence-corrected chi connectivity index (χ0v) is 20.1.